The molecule has 1 saturated carbocycles. The van der Waals surface area contributed by atoms with Crippen LogP contribution >= 0.6 is 24.0 Å². The minimum absolute atomic E-state index is 0. The van der Waals surface area contributed by atoms with E-state index < -0.39 is 0 Å². The Kier molecular flexibility index (Phi) is 7.19. The third-order valence-electron chi connectivity index (χ3n) is 5.48. The Balaban J connectivity index is 0.00000243. The molecule has 1 aromatic rings. The van der Waals surface area contributed by atoms with Crippen LogP contribution in [0.15, 0.2) is 29.3 Å². The standard InChI is InChI=1S/C20H31N3O2.HI/c1-19(2,24-4)14-22-18(21-3)23-16-13-20(11-7-8-12-20)25-17-10-6-5-9-15(16)17;/h5-6,9-10,16H,7-8,11-14H2,1-4H3,(H2,21,22,23);1H. The fraction of sp³-hybridized carbons (Fsp3) is 0.650. The van der Waals surface area contributed by atoms with Gasteiger partial charge in [-0.15, -0.1) is 24.0 Å². The van der Waals surface area contributed by atoms with Crippen molar-refractivity contribution in [2.45, 2.75) is 63.2 Å². The molecular formula is C20H32IN3O2. The molecule has 0 saturated heterocycles. The average Bonchev–Trinajstić information content (AvgIpc) is 3.05. The second kappa shape index (κ2) is 8.78. The van der Waals surface area contributed by atoms with Crippen molar-refractivity contribution in [3.05, 3.63) is 29.8 Å². The van der Waals surface area contributed by atoms with Crippen LogP contribution in [0, 0.1) is 0 Å². The minimum atomic E-state index is -0.238. The number of ether oxygens (including phenoxy) is 2. The lowest BCUT2D eigenvalue weighted by atomic mass is 9.86. The van der Waals surface area contributed by atoms with Crippen molar-refractivity contribution in [2.75, 3.05) is 20.7 Å². The highest BCUT2D eigenvalue weighted by Crippen LogP contribution is 2.46. The van der Waals surface area contributed by atoms with Crippen molar-refractivity contribution >= 4 is 29.9 Å². The van der Waals surface area contributed by atoms with Crippen LogP contribution in [0.25, 0.3) is 0 Å². The van der Waals surface area contributed by atoms with Crippen LogP contribution in [0.5, 0.6) is 5.75 Å². The molecule has 0 radical (unpaired) electrons. The van der Waals surface area contributed by atoms with E-state index in [-0.39, 0.29) is 41.2 Å². The second-order valence-corrected chi connectivity index (χ2v) is 7.82. The summed E-state index contributed by atoms with van der Waals surface area (Å²) in [5.41, 5.74) is 0.961. The summed E-state index contributed by atoms with van der Waals surface area (Å²) in [6.45, 7) is 4.81. The lowest BCUT2D eigenvalue weighted by molar-refractivity contribution is 0.0262. The molecule has 1 aromatic carbocycles. The van der Waals surface area contributed by atoms with E-state index in [4.69, 9.17) is 9.47 Å². The van der Waals surface area contributed by atoms with Gasteiger partial charge in [-0.2, -0.15) is 0 Å². The van der Waals surface area contributed by atoms with E-state index in [0.29, 0.717) is 6.54 Å². The first-order valence-corrected chi connectivity index (χ1v) is 9.27. The number of rotatable bonds is 4. The van der Waals surface area contributed by atoms with E-state index in [1.165, 1.54) is 18.4 Å². The summed E-state index contributed by atoms with van der Waals surface area (Å²) < 4.78 is 11.9. The van der Waals surface area contributed by atoms with Gasteiger partial charge in [-0.3, -0.25) is 4.99 Å². The van der Waals surface area contributed by atoms with Crippen LogP contribution in [0.2, 0.25) is 0 Å². The quantitative estimate of drug-likeness (QED) is 0.394. The fourth-order valence-corrected chi connectivity index (χ4v) is 3.80. The third kappa shape index (κ3) is 4.82. The normalized spacial score (nSPS) is 21.5. The summed E-state index contributed by atoms with van der Waals surface area (Å²) in [6.07, 6.45) is 5.77. The van der Waals surface area contributed by atoms with Gasteiger partial charge in [0.1, 0.15) is 11.4 Å². The lowest BCUT2D eigenvalue weighted by Gasteiger charge is -2.40. The van der Waals surface area contributed by atoms with Gasteiger partial charge in [0.25, 0.3) is 0 Å². The number of aliphatic imine (C=N–C) groups is 1. The van der Waals surface area contributed by atoms with Crippen LogP contribution in [0.3, 0.4) is 0 Å². The Morgan fingerprint density at radius 1 is 1.31 bits per heavy atom. The molecule has 146 valence electrons. The highest BCUT2D eigenvalue weighted by atomic mass is 127. The number of nitrogens with one attached hydrogen (secondary N) is 2. The molecule has 1 unspecified atom stereocenters. The van der Waals surface area contributed by atoms with E-state index in [2.05, 4.69) is 53.7 Å². The van der Waals surface area contributed by atoms with Crippen molar-refractivity contribution in [1.29, 1.82) is 0 Å². The molecule has 0 amide bonds. The number of hydrogen-bond acceptors (Lipinski definition) is 3. The van der Waals surface area contributed by atoms with Crippen molar-refractivity contribution in [1.82, 2.24) is 10.6 Å². The van der Waals surface area contributed by atoms with Gasteiger partial charge in [-0.1, -0.05) is 18.2 Å². The van der Waals surface area contributed by atoms with E-state index in [1.54, 1.807) is 7.11 Å². The lowest BCUT2D eigenvalue weighted by Crippen LogP contribution is -2.49. The molecule has 1 aliphatic carbocycles. The maximum atomic E-state index is 6.44. The van der Waals surface area contributed by atoms with Crippen molar-refractivity contribution in [3.8, 4) is 5.75 Å². The Hall–Kier alpha value is -1.02. The summed E-state index contributed by atoms with van der Waals surface area (Å²) in [5, 5.41) is 7.00. The minimum Gasteiger partial charge on any atom is -0.487 e. The molecule has 26 heavy (non-hydrogen) atoms. The zero-order valence-corrected chi connectivity index (χ0v) is 18.6. The van der Waals surface area contributed by atoms with Crippen LogP contribution in [-0.4, -0.2) is 37.9 Å². The number of fused-ring (bicyclic) bond motifs is 1. The highest BCUT2D eigenvalue weighted by Gasteiger charge is 2.43. The maximum absolute atomic E-state index is 6.44. The van der Waals surface area contributed by atoms with Gasteiger partial charge < -0.3 is 20.1 Å². The molecule has 1 atom stereocenters. The molecule has 1 heterocycles. The van der Waals surface area contributed by atoms with Crippen LogP contribution in [-0.2, 0) is 4.74 Å². The molecule has 0 bridgehead atoms. The van der Waals surface area contributed by atoms with E-state index in [9.17, 15) is 0 Å². The number of halogens is 1. The predicted molar refractivity (Wildman–Crippen MR) is 117 cm³/mol. The number of benzene rings is 1. The number of nitrogens with zero attached hydrogens (tertiary/aromatic N) is 1. The Morgan fingerprint density at radius 2 is 2.00 bits per heavy atom. The summed E-state index contributed by atoms with van der Waals surface area (Å²) in [6, 6.07) is 8.58. The maximum Gasteiger partial charge on any atom is 0.191 e. The number of guanidine groups is 1. The van der Waals surface area contributed by atoms with Gasteiger partial charge in [-0.25, -0.2) is 0 Å². The van der Waals surface area contributed by atoms with Gasteiger partial charge in [0.05, 0.1) is 11.6 Å². The number of methoxy groups -OCH3 is 1. The van der Waals surface area contributed by atoms with E-state index >= 15 is 0 Å². The number of hydrogen-bond donors (Lipinski definition) is 2. The summed E-state index contributed by atoms with van der Waals surface area (Å²) >= 11 is 0. The fourth-order valence-electron chi connectivity index (χ4n) is 3.80. The first kappa shape index (κ1) is 21.3. The highest BCUT2D eigenvalue weighted by molar-refractivity contribution is 14.0. The molecule has 1 aliphatic heterocycles. The van der Waals surface area contributed by atoms with Crippen LogP contribution in [0.4, 0.5) is 0 Å². The van der Waals surface area contributed by atoms with Crippen molar-refractivity contribution in [2.24, 2.45) is 4.99 Å². The van der Waals surface area contributed by atoms with Crippen LogP contribution in [0.1, 0.15) is 57.6 Å². The predicted octanol–water partition coefficient (Wildman–Crippen LogP) is 4.03. The first-order valence-electron chi connectivity index (χ1n) is 9.27. The Morgan fingerprint density at radius 3 is 2.65 bits per heavy atom. The molecular weight excluding hydrogens is 441 g/mol. The molecule has 3 rings (SSSR count). The second-order valence-electron chi connectivity index (χ2n) is 7.82. The monoisotopic (exact) mass is 473 g/mol. The molecule has 1 fully saturated rings. The Bertz CT molecular complexity index is 627. The van der Waals surface area contributed by atoms with Gasteiger partial charge in [-0.05, 0) is 45.6 Å². The van der Waals surface area contributed by atoms with Gasteiger partial charge >= 0.3 is 0 Å². The number of para-hydroxylation sites is 1. The molecule has 1 spiro atoms. The van der Waals surface area contributed by atoms with E-state index in [0.717, 1.165) is 31.0 Å². The zero-order chi connectivity index (χ0) is 17.9. The van der Waals surface area contributed by atoms with Gasteiger partial charge in [0, 0.05) is 32.7 Å². The average molecular weight is 473 g/mol. The molecule has 5 nitrogen and oxygen atoms in total. The zero-order valence-electron chi connectivity index (χ0n) is 16.3. The third-order valence-corrected chi connectivity index (χ3v) is 5.48. The van der Waals surface area contributed by atoms with E-state index in [1.807, 2.05) is 7.05 Å². The summed E-state index contributed by atoms with van der Waals surface area (Å²) in [4.78, 5) is 4.41. The molecule has 2 aliphatic rings. The summed E-state index contributed by atoms with van der Waals surface area (Å²) in [7, 11) is 3.54. The smallest absolute Gasteiger partial charge is 0.191 e. The molecule has 0 aromatic heterocycles. The summed E-state index contributed by atoms with van der Waals surface area (Å²) in [5.74, 6) is 1.82. The van der Waals surface area contributed by atoms with Crippen molar-refractivity contribution in [3.63, 3.8) is 0 Å². The molecule has 2 N–H and O–H groups in total. The largest absolute Gasteiger partial charge is 0.487 e. The SMILES string of the molecule is CN=C(NCC(C)(C)OC)NC1CC2(CCCC2)Oc2ccccc21.I. The topological polar surface area (TPSA) is 54.9 Å². The first-order chi connectivity index (χ1) is 12.0. The van der Waals surface area contributed by atoms with Gasteiger partial charge in [0.2, 0.25) is 0 Å². The Labute approximate surface area is 174 Å². The van der Waals surface area contributed by atoms with Gasteiger partial charge in [0.15, 0.2) is 5.96 Å². The van der Waals surface area contributed by atoms with Crippen molar-refractivity contribution < 1.29 is 9.47 Å². The van der Waals surface area contributed by atoms with Crippen LogP contribution < -0.4 is 15.4 Å². The molecule has 6 heteroatoms.